The number of anilines is 2. The highest BCUT2D eigenvalue weighted by molar-refractivity contribution is 8.01. The Morgan fingerprint density at radius 1 is 0.824 bits per heavy atom. The Bertz CT molecular complexity index is 3020. The average molecular weight is 943 g/mol. The molecule has 1 aliphatic carbocycles. The van der Waals surface area contributed by atoms with E-state index < -0.39 is 45.9 Å². The first-order chi connectivity index (χ1) is 32.4. The number of amides is 4. The fourth-order valence-electron chi connectivity index (χ4n) is 8.96. The Kier molecular flexibility index (Phi) is 14.4. The van der Waals surface area contributed by atoms with Crippen molar-refractivity contribution in [2.24, 2.45) is 5.41 Å². The van der Waals surface area contributed by atoms with E-state index in [0.29, 0.717) is 55.4 Å². The number of hydrogen-bond acceptors (Lipinski definition) is 13. The number of carbonyl (C=O) groups excluding carboxylic acids is 7. The van der Waals surface area contributed by atoms with E-state index >= 15 is 0 Å². The maximum atomic E-state index is 13.9. The molecule has 17 heteroatoms. The Balaban J connectivity index is 1.02. The molecule has 3 heterocycles. The first kappa shape index (κ1) is 48.9. The van der Waals surface area contributed by atoms with Crippen molar-refractivity contribution >= 4 is 86.0 Å². The van der Waals surface area contributed by atoms with Crippen LogP contribution in [0.1, 0.15) is 108 Å². The molecule has 1 unspecified atom stereocenters. The summed E-state index contributed by atoms with van der Waals surface area (Å²) in [5.41, 5.74) is 1.77. The van der Waals surface area contributed by atoms with Crippen LogP contribution in [0.3, 0.4) is 0 Å². The molecule has 0 fully saturated rings. The Morgan fingerprint density at radius 2 is 1.51 bits per heavy atom. The lowest BCUT2D eigenvalue weighted by atomic mass is 9.71. The largest absolute Gasteiger partial charge is 0.469 e. The maximum absolute atomic E-state index is 13.9. The van der Waals surface area contributed by atoms with Crippen LogP contribution in [0, 0.1) is 5.41 Å². The molecule has 2 aliphatic rings. The van der Waals surface area contributed by atoms with Crippen molar-refractivity contribution in [1.29, 1.82) is 0 Å². The van der Waals surface area contributed by atoms with Crippen LogP contribution in [0.5, 0.6) is 0 Å². The number of methoxy groups -OCH3 is 1. The van der Waals surface area contributed by atoms with E-state index in [0.717, 1.165) is 30.6 Å². The molecule has 7 rings (SSSR count). The number of rotatable bonds is 18. The maximum Gasteiger partial charge on any atom is 0.360 e. The van der Waals surface area contributed by atoms with Crippen LogP contribution in [0.4, 0.5) is 11.4 Å². The van der Waals surface area contributed by atoms with Crippen LogP contribution in [0.25, 0.3) is 33.0 Å². The molecule has 0 saturated heterocycles. The molecular formula is C51H54N6O10S. The number of ketones is 2. The van der Waals surface area contributed by atoms with E-state index in [9.17, 15) is 38.4 Å². The van der Waals surface area contributed by atoms with Gasteiger partial charge in [0.05, 0.1) is 31.5 Å². The Morgan fingerprint density at radius 3 is 2.21 bits per heavy atom. The van der Waals surface area contributed by atoms with Crippen LogP contribution >= 0.6 is 11.8 Å². The van der Waals surface area contributed by atoms with Gasteiger partial charge >= 0.3 is 11.6 Å². The number of ether oxygens (including phenoxy) is 1. The molecule has 0 saturated carbocycles. The molecule has 1 atom stereocenters. The van der Waals surface area contributed by atoms with E-state index in [1.165, 1.54) is 29.6 Å². The van der Waals surface area contributed by atoms with Crippen molar-refractivity contribution in [3.63, 3.8) is 0 Å². The van der Waals surface area contributed by atoms with E-state index in [-0.39, 0.29) is 65.1 Å². The van der Waals surface area contributed by atoms with E-state index in [2.05, 4.69) is 34.8 Å². The summed E-state index contributed by atoms with van der Waals surface area (Å²) in [6.45, 7) is 12.6. The van der Waals surface area contributed by atoms with Gasteiger partial charge in [-0.3, -0.25) is 43.1 Å². The third-order valence-corrected chi connectivity index (χ3v) is 14.1. The van der Waals surface area contributed by atoms with Crippen molar-refractivity contribution in [2.45, 2.75) is 104 Å². The van der Waals surface area contributed by atoms with Crippen LogP contribution in [0.15, 0.2) is 92.3 Å². The van der Waals surface area contributed by atoms with Crippen molar-refractivity contribution in [3.05, 3.63) is 105 Å². The molecular weight excluding hydrogens is 889 g/mol. The molecule has 0 spiro atoms. The third kappa shape index (κ3) is 9.84. The lowest BCUT2D eigenvalue weighted by Gasteiger charge is -2.31. The molecule has 1 aliphatic heterocycles. The lowest BCUT2D eigenvalue weighted by Crippen LogP contribution is -2.42. The van der Waals surface area contributed by atoms with Gasteiger partial charge in [0, 0.05) is 84.5 Å². The van der Waals surface area contributed by atoms with Gasteiger partial charge in [0.1, 0.15) is 17.0 Å². The van der Waals surface area contributed by atoms with E-state index in [4.69, 9.17) is 9.15 Å². The number of esters is 1. The summed E-state index contributed by atoms with van der Waals surface area (Å²) in [7, 11) is 1.27. The van der Waals surface area contributed by atoms with Crippen molar-refractivity contribution < 1.29 is 42.7 Å². The zero-order valence-corrected chi connectivity index (χ0v) is 40.2. The standard InChI is InChI=1S/C51H54N6O10S/c1-9-12-32(13-10-2)68-40(24-42(59)66-8)47(62)53-37-22-31-17-16-30(23-39(31)67-50(37)65)38-26-56(55-54-38)20-21-57-48(63)34-15-11-14-33-36(19-18-35(43(33)34)49(57)64)52-41(58)25-51(6,7)44-29(5)45(60)27(3)28(4)46(44)61/h11,14-19,22-23,26,32,40H,9-10,12-13,20-21,24-25H2,1-8H3,(H,52,58)(H,53,62). The molecule has 2 N–H and O–H groups in total. The third-order valence-electron chi connectivity index (χ3n) is 12.6. The zero-order chi connectivity index (χ0) is 49.2. The average Bonchev–Trinajstić information content (AvgIpc) is 3.78. The summed E-state index contributed by atoms with van der Waals surface area (Å²) in [6, 6.07) is 14.8. The van der Waals surface area contributed by atoms with Gasteiger partial charge in [-0.15, -0.1) is 16.9 Å². The number of imide groups is 1. The topological polar surface area (TPSA) is 217 Å². The molecule has 16 nitrogen and oxygen atoms in total. The highest BCUT2D eigenvalue weighted by Gasteiger charge is 2.39. The smallest absolute Gasteiger partial charge is 0.360 e. The molecule has 0 bridgehead atoms. The van der Waals surface area contributed by atoms with Crippen molar-refractivity contribution in [2.75, 3.05) is 24.3 Å². The van der Waals surface area contributed by atoms with Crippen LogP contribution in [0.2, 0.25) is 0 Å². The highest BCUT2D eigenvalue weighted by Crippen LogP contribution is 2.40. The normalized spacial score (nSPS) is 14.7. The predicted molar refractivity (Wildman–Crippen MR) is 259 cm³/mol. The van der Waals surface area contributed by atoms with Gasteiger partial charge in [-0.25, -0.2) is 4.79 Å². The quantitative estimate of drug-likeness (QED) is 0.0367. The van der Waals surface area contributed by atoms with E-state index in [1.807, 2.05) is 0 Å². The van der Waals surface area contributed by atoms with Gasteiger partial charge in [0.15, 0.2) is 11.6 Å². The monoisotopic (exact) mass is 942 g/mol. The number of aromatic nitrogens is 3. The van der Waals surface area contributed by atoms with Gasteiger partial charge in [-0.2, -0.15) is 0 Å². The molecule has 2 aromatic heterocycles. The van der Waals surface area contributed by atoms with Crippen molar-refractivity contribution in [3.8, 4) is 11.3 Å². The minimum Gasteiger partial charge on any atom is -0.469 e. The van der Waals surface area contributed by atoms with Gasteiger partial charge in [0.2, 0.25) is 11.8 Å². The number of nitrogens with zero attached hydrogens (tertiary/aromatic N) is 4. The minimum atomic E-state index is -0.975. The summed E-state index contributed by atoms with van der Waals surface area (Å²) in [5, 5.41) is 14.9. The highest BCUT2D eigenvalue weighted by atomic mass is 32.2. The first-order valence-corrected chi connectivity index (χ1v) is 23.5. The number of nitrogens with one attached hydrogen (secondary N) is 2. The fraction of sp³-hybridized carbons (Fsp3) is 0.373. The van der Waals surface area contributed by atoms with Gasteiger partial charge in [0.25, 0.3) is 11.8 Å². The van der Waals surface area contributed by atoms with Crippen molar-refractivity contribution in [1.82, 2.24) is 19.9 Å². The summed E-state index contributed by atoms with van der Waals surface area (Å²) >= 11 is 1.41. The summed E-state index contributed by atoms with van der Waals surface area (Å²) in [6.07, 6.45) is 5.00. The second-order valence-electron chi connectivity index (χ2n) is 17.8. The number of Topliss-reactive ketones (excluding diaryl/α,β-unsaturated/α-hetero) is 2. The zero-order valence-electron chi connectivity index (χ0n) is 39.4. The number of thioether (sulfide) groups is 1. The number of allylic oxidation sites excluding steroid dienone is 4. The fourth-order valence-corrected chi connectivity index (χ4v) is 10.6. The predicted octanol–water partition coefficient (Wildman–Crippen LogP) is 8.23. The minimum absolute atomic E-state index is 0.0352. The lowest BCUT2D eigenvalue weighted by molar-refractivity contribution is -0.141. The van der Waals surface area contributed by atoms with Crippen LogP contribution in [-0.2, 0) is 35.3 Å². The van der Waals surface area contributed by atoms with Gasteiger partial charge < -0.3 is 19.8 Å². The number of fused-ring (bicyclic) bond motifs is 1. The number of benzene rings is 3. The summed E-state index contributed by atoms with van der Waals surface area (Å²) in [5.74, 6) is -2.94. The molecule has 354 valence electrons. The summed E-state index contributed by atoms with van der Waals surface area (Å²) < 4.78 is 12.0. The first-order valence-electron chi connectivity index (χ1n) is 22.6. The second-order valence-corrected chi connectivity index (χ2v) is 19.3. The van der Waals surface area contributed by atoms with Crippen LogP contribution < -0.4 is 16.3 Å². The molecule has 4 amide bonds. The van der Waals surface area contributed by atoms with Gasteiger partial charge in [-0.05, 0) is 63.9 Å². The second kappa shape index (κ2) is 20.1. The molecule has 5 aromatic rings. The number of hydrogen-bond donors (Lipinski definition) is 2. The molecule has 68 heavy (non-hydrogen) atoms. The SMILES string of the molecule is CCCC(CCC)SC(CC(=O)OC)C(=O)Nc1cc2ccc(-c3cn(CCN4C(=O)c5cccc6c(NC(=O)CC(C)(C)C7=C(C)C(=O)C(C)=C(C)C7=O)ccc(c56)C4=O)nn3)cc2oc1=O. The summed E-state index contributed by atoms with van der Waals surface area (Å²) in [4.78, 5) is 108. The number of carbonyl (C=O) groups is 7. The Hall–Kier alpha value is -7.01. The molecule has 0 radical (unpaired) electrons. The Labute approximate surface area is 396 Å². The molecule has 3 aromatic carbocycles. The van der Waals surface area contributed by atoms with Crippen LogP contribution in [-0.4, -0.2) is 85.2 Å². The van der Waals surface area contributed by atoms with Gasteiger partial charge in [-0.1, -0.05) is 70.0 Å². The van der Waals surface area contributed by atoms with E-state index in [1.54, 1.807) is 89.3 Å².